The molecule has 0 atom stereocenters. The van der Waals surface area contributed by atoms with Crippen LogP contribution in [0.3, 0.4) is 0 Å². The Bertz CT molecular complexity index is 933. The summed E-state index contributed by atoms with van der Waals surface area (Å²) in [5.41, 5.74) is 0. The Hall–Kier alpha value is -2.47. The van der Waals surface area contributed by atoms with Gasteiger partial charge >= 0.3 is 164 Å². The third-order valence-electron chi connectivity index (χ3n) is 5.03. The summed E-state index contributed by atoms with van der Waals surface area (Å²) in [5.74, 6) is -3.80. The van der Waals surface area contributed by atoms with Crippen LogP contribution in [0.1, 0.15) is 0 Å². The number of rotatable bonds is 4. The van der Waals surface area contributed by atoms with Gasteiger partial charge in [-0.15, -0.1) is 0 Å². The van der Waals surface area contributed by atoms with E-state index in [1.807, 2.05) is 66.7 Å². The van der Waals surface area contributed by atoms with Crippen molar-refractivity contribution in [1.82, 2.24) is 0 Å². The molecular formula is C24H19ClFP. The summed E-state index contributed by atoms with van der Waals surface area (Å²) in [4.78, 5) is 0. The quantitative estimate of drug-likeness (QED) is 0.422. The van der Waals surface area contributed by atoms with Crippen LogP contribution in [0.2, 0.25) is 0 Å². The van der Waals surface area contributed by atoms with Crippen LogP contribution in [0.15, 0.2) is 115 Å². The number of hydrogen-bond donors (Lipinski definition) is 0. The zero-order valence-electron chi connectivity index (χ0n) is 14.7. The van der Waals surface area contributed by atoms with Crippen LogP contribution < -0.4 is 21.2 Å². The van der Waals surface area contributed by atoms with Crippen LogP contribution in [-0.4, -0.2) is 0 Å². The summed E-state index contributed by atoms with van der Waals surface area (Å²) in [7, 11) is 0. The van der Waals surface area contributed by atoms with Crippen molar-refractivity contribution in [2.75, 3.05) is 0 Å². The Morgan fingerprint density at radius 1 is 0.444 bits per heavy atom. The molecule has 134 valence electrons. The monoisotopic (exact) mass is 392 g/mol. The molecule has 0 radical (unpaired) electrons. The average molecular weight is 393 g/mol. The second kappa shape index (κ2) is 6.93. The van der Waals surface area contributed by atoms with E-state index >= 15 is 0 Å². The summed E-state index contributed by atoms with van der Waals surface area (Å²) < 4.78 is 13.8. The normalized spacial score (nSPS) is 12.9. The van der Waals surface area contributed by atoms with Gasteiger partial charge in [0.1, 0.15) is 0 Å². The third kappa shape index (κ3) is 2.70. The molecule has 0 aromatic heterocycles. The summed E-state index contributed by atoms with van der Waals surface area (Å²) in [6.45, 7) is 0. The van der Waals surface area contributed by atoms with Gasteiger partial charge in [-0.25, -0.2) is 0 Å². The van der Waals surface area contributed by atoms with Crippen molar-refractivity contribution in [2.24, 2.45) is 0 Å². The van der Waals surface area contributed by atoms with Gasteiger partial charge in [-0.3, -0.25) is 0 Å². The van der Waals surface area contributed by atoms with E-state index in [2.05, 4.69) is 36.4 Å². The molecule has 0 nitrogen and oxygen atoms in total. The average Bonchev–Trinajstić information content (AvgIpc) is 2.76. The van der Waals surface area contributed by atoms with Crippen molar-refractivity contribution >= 4 is 38.4 Å². The Balaban J connectivity index is 2.22. The van der Waals surface area contributed by atoms with E-state index in [0.29, 0.717) is 0 Å². The fraction of sp³-hybridized carbons (Fsp3) is 0. The van der Waals surface area contributed by atoms with Gasteiger partial charge in [0.05, 0.1) is 0 Å². The maximum atomic E-state index is 13.8. The van der Waals surface area contributed by atoms with Gasteiger partial charge in [0.25, 0.3) is 0 Å². The first-order chi connectivity index (χ1) is 13.1. The summed E-state index contributed by atoms with van der Waals surface area (Å²) >= 11 is 7.96. The van der Waals surface area contributed by atoms with Gasteiger partial charge in [0.2, 0.25) is 0 Å². The van der Waals surface area contributed by atoms with Crippen molar-refractivity contribution in [3.05, 3.63) is 121 Å². The zero-order chi connectivity index (χ0) is 18.8. The second-order valence-electron chi connectivity index (χ2n) is 6.49. The second-order valence-corrected chi connectivity index (χ2v) is 12.6. The molecule has 0 N–H and O–H groups in total. The van der Waals surface area contributed by atoms with Gasteiger partial charge in [-0.1, -0.05) is 0 Å². The molecule has 4 rings (SSSR count). The summed E-state index contributed by atoms with van der Waals surface area (Å²) in [6.07, 6.45) is 0. The Morgan fingerprint density at radius 3 is 1.07 bits per heavy atom. The van der Waals surface area contributed by atoms with Crippen LogP contribution in [0.5, 0.6) is 0 Å². The van der Waals surface area contributed by atoms with E-state index in [-0.39, 0.29) is 5.82 Å². The minimum atomic E-state index is -3.54. The zero-order valence-corrected chi connectivity index (χ0v) is 16.3. The van der Waals surface area contributed by atoms with Crippen LogP contribution >= 0.6 is 17.2 Å². The molecule has 0 spiro atoms. The first-order valence-electron chi connectivity index (χ1n) is 8.81. The molecule has 27 heavy (non-hydrogen) atoms. The third-order valence-corrected chi connectivity index (χ3v) is 12.4. The number of benzene rings is 4. The molecule has 0 aliphatic carbocycles. The Kier molecular flexibility index (Phi) is 4.60. The molecule has 3 heteroatoms. The Morgan fingerprint density at radius 2 is 0.741 bits per heavy atom. The molecule has 0 amide bonds. The SMILES string of the molecule is Fc1ccc(P(Cl)(c2ccccc2)(c2ccccc2)c2ccccc2)cc1. The molecule has 4 aromatic rings. The van der Waals surface area contributed by atoms with Crippen molar-refractivity contribution < 1.29 is 4.39 Å². The van der Waals surface area contributed by atoms with Gasteiger partial charge in [-0.05, 0) is 0 Å². The number of halogens is 2. The van der Waals surface area contributed by atoms with Gasteiger partial charge in [-0.2, -0.15) is 0 Å². The van der Waals surface area contributed by atoms with E-state index in [4.69, 9.17) is 11.2 Å². The topological polar surface area (TPSA) is 0 Å². The molecule has 0 bridgehead atoms. The van der Waals surface area contributed by atoms with Crippen molar-refractivity contribution in [3.8, 4) is 0 Å². The first-order valence-corrected chi connectivity index (χ1v) is 11.9. The van der Waals surface area contributed by atoms with E-state index in [1.54, 1.807) is 0 Å². The van der Waals surface area contributed by atoms with Gasteiger partial charge in [0.15, 0.2) is 0 Å². The predicted octanol–water partition coefficient (Wildman–Crippen LogP) is 5.13. The van der Waals surface area contributed by atoms with E-state index in [9.17, 15) is 4.39 Å². The molecule has 0 saturated carbocycles. The van der Waals surface area contributed by atoms with Crippen LogP contribution in [0, 0.1) is 5.82 Å². The molecule has 0 saturated heterocycles. The van der Waals surface area contributed by atoms with E-state index in [0.717, 1.165) is 21.2 Å². The molecule has 0 aliphatic rings. The molecule has 4 aromatic carbocycles. The maximum absolute atomic E-state index is 13.8. The molecule has 0 aliphatic heterocycles. The predicted molar refractivity (Wildman–Crippen MR) is 117 cm³/mol. The minimum absolute atomic E-state index is 0.269. The molecular weight excluding hydrogens is 374 g/mol. The fourth-order valence-electron chi connectivity index (χ4n) is 3.74. The van der Waals surface area contributed by atoms with Crippen LogP contribution in [0.4, 0.5) is 4.39 Å². The van der Waals surface area contributed by atoms with Gasteiger partial charge in [0, 0.05) is 0 Å². The van der Waals surface area contributed by atoms with E-state index in [1.165, 1.54) is 12.1 Å². The molecule has 0 unspecified atom stereocenters. The standard InChI is InChI=1S/C24H19ClFP/c25-27(21-10-4-1-5-11-21,22-12-6-2-7-13-22,23-14-8-3-9-15-23)24-18-16-20(26)17-19-24/h1-19H. The van der Waals surface area contributed by atoms with E-state index < -0.39 is 5.96 Å². The fourth-order valence-corrected chi connectivity index (χ4v) is 9.79. The first kappa shape index (κ1) is 17.9. The molecule has 0 heterocycles. The number of hydrogen-bond acceptors (Lipinski definition) is 0. The summed E-state index contributed by atoms with van der Waals surface area (Å²) in [6, 6.07) is 37.1. The van der Waals surface area contributed by atoms with Crippen LogP contribution in [0.25, 0.3) is 0 Å². The van der Waals surface area contributed by atoms with Gasteiger partial charge < -0.3 is 0 Å². The van der Waals surface area contributed by atoms with Crippen molar-refractivity contribution in [3.63, 3.8) is 0 Å². The van der Waals surface area contributed by atoms with Crippen molar-refractivity contribution in [2.45, 2.75) is 0 Å². The Labute approximate surface area is 164 Å². The van der Waals surface area contributed by atoms with Crippen LogP contribution in [-0.2, 0) is 0 Å². The molecule has 0 fully saturated rings. The van der Waals surface area contributed by atoms with Crippen molar-refractivity contribution in [1.29, 1.82) is 0 Å². The summed E-state index contributed by atoms with van der Waals surface area (Å²) in [5, 5.41) is 4.03.